The Hall–Kier alpha value is -5.59. The minimum Gasteiger partial charge on any atom is -0.513 e. The molecule has 8 nitrogen and oxygen atoms in total. The van der Waals surface area contributed by atoms with Crippen molar-refractivity contribution in [3.63, 3.8) is 0 Å². The number of furan rings is 2. The second-order valence-electron chi connectivity index (χ2n) is 13.2. The summed E-state index contributed by atoms with van der Waals surface area (Å²) in [4.78, 5) is 10.1. The first kappa shape index (κ1) is 29.5. The van der Waals surface area contributed by atoms with E-state index >= 15 is 0 Å². The second kappa shape index (κ2) is 10.5. The molecule has 0 spiro atoms. The van der Waals surface area contributed by atoms with E-state index in [-0.39, 0.29) is 32.2 Å². The topological polar surface area (TPSA) is 90.9 Å². The van der Waals surface area contributed by atoms with Crippen LogP contribution in [-0.4, -0.2) is 24.0 Å². The summed E-state index contributed by atoms with van der Waals surface area (Å²) in [6.45, 7) is 6.50. The molecule has 5 heterocycles. The van der Waals surface area contributed by atoms with Crippen LogP contribution in [0.15, 0.2) is 112 Å². The summed E-state index contributed by atoms with van der Waals surface area (Å²) >= 11 is 0. The number of hydrogen-bond donors (Lipinski definition) is 1. The zero-order valence-corrected chi connectivity index (χ0v) is 28.9. The third-order valence-electron chi connectivity index (χ3n) is 9.16. The molecule has 0 fully saturated rings. The molecule has 5 aromatic carbocycles. The van der Waals surface area contributed by atoms with Crippen LogP contribution in [-0.2, 0) is 26.5 Å². The maximum atomic E-state index is 11.4. The Bertz CT molecular complexity index is 2940. The Morgan fingerprint density at radius 1 is 0.735 bits per heavy atom. The van der Waals surface area contributed by atoms with E-state index in [4.69, 9.17) is 23.5 Å². The van der Waals surface area contributed by atoms with Crippen LogP contribution >= 0.6 is 0 Å². The predicted octanol–water partition coefficient (Wildman–Crippen LogP) is 10.2. The van der Waals surface area contributed by atoms with Crippen LogP contribution in [0, 0.1) is 6.07 Å². The molecule has 10 rings (SSSR count). The van der Waals surface area contributed by atoms with Gasteiger partial charge in [0.05, 0.1) is 27.6 Å². The zero-order chi connectivity index (χ0) is 32.3. The van der Waals surface area contributed by atoms with Crippen LogP contribution in [0.4, 0.5) is 0 Å². The third-order valence-corrected chi connectivity index (χ3v) is 9.16. The summed E-state index contributed by atoms with van der Waals surface area (Å²) in [5, 5.41) is 14.3. The van der Waals surface area contributed by atoms with Gasteiger partial charge in [0.2, 0.25) is 11.7 Å². The van der Waals surface area contributed by atoms with Crippen molar-refractivity contribution in [3.8, 4) is 23.2 Å². The molecule has 0 saturated carbocycles. The first-order valence-electron chi connectivity index (χ1n) is 15.8. The van der Waals surface area contributed by atoms with Gasteiger partial charge in [-0.1, -0.05) is 86.8 Å². The van der Waals surface area contributed by atoms with Crippen LogP contribution in [0.1, 0.15) is 26.3 Å². The number of para-hydroxylation sites is 5. The van der Waals surface area contributed by atoms with E-state index in [0.29, 0.717) is 50.6 Å². The van der Waals surface area contributed by atoms with Gasteiger partial charge in [0, 0.05) is 49.2 Å². The zero-order valence-electron chi connectivity index (χ0n) is 26.6. The molecule has 0 bridgehead atoms. The Morgan fingerprint density at radius 3 is 2.33 bits per heavy atom. The van der Waals surface area contributed by atoms with Crippen molar-refractivity contribution in [2.24, 2.45) is 0 Å². The Labute approximate surface area is 293 Å². The van der Waals surface area contributed by atoms with E-state index in [1.54, 1.807) is 6.07 Å². The molecular weight excluding hydrogens is 796 g/mol. The number of imidazole rings is 2. The van der Waals surface area contributed by atoms with Crippen LogP contribution in [0.2, 0.25) is 0 Å². The molecular formula is C40H27N4O4Pt-. The van der Waals surface area contributed by atoms with Gasteiger partial charge in [-0.2, -0.15) is 4.98 Å². The monoisotopic (exact) mass is 822 g/mol. The molecule has 5 aromatic heterocycles. The van der Waals surface area contributed by atoms with Crippen molar-refractivity contribution in [2.45, 2.75) is 26.2 Å². The molecule has 1 N–H and O–H groups in total. The fourth-order valence-corrected chi connectivity index (χ4v) is 6.83. The van der Waals surface area contributed by atoms with Crippen molar-refractivity contribution < 1.29 is 39.7 Å². The Balaban J connectivity index is 0.00000325. The first-order valence-corrected chi connectivity index (χ1v) is 15.8. The smallest absolute Gasteiger partial charge is 0.221 e. The van der Waals surface area contributed by atoms with E-state index < -0.39 is 0 Å². The summed E-state index contributed by atoms with van der Waals surface area (Å²) in [5.74, 6) is 2.33. The molecule has 0 aliphatic rings. The average molecular weight is 823 g/mol. The fraction of sp³-hybridized carbons (Fsp3) is 0.100. The number of aromatic nitrogens is 4. The number of hydrogen-bond acceptors (Lipinski definition) is 6. The SMILES string of the molecule is CC(C)(C)c1cc(Oc2[c-]c3c(cc2)oc2cc4c(oc5ccccc54)c(O)c23)nc(-n2c3ccccc3n3c4ccccc4nc23)c1.[Pt]. The molecule has 0 radical (unpaired) electrons. The molecule has 0 unspecified atom stereocenters. The average Bonchev–Trinajstić information content (AvgIpc) is 3.82. The summed E-state index contributed by atoms with van der Waals surface area (Å²) in [6.07, 6.45) is 0. The first-order chi connectivity index (χ1) is 23.3. The van der Waals surface area contributed by atoms with E-state index in [1.807, 2.05) is 72.8 Å². The summed E-state index contributed by atoms with van der Waals surface area (Å²) < 4.78 is 23.0. The van der Waals surface area contributed by atoms with Crippen LogP contribution in [0.3, 0.4) is 0 Å². The molecule has 242 valence electrons. The maximum absolute atomic E-state index is 11.4. The number of aromatic hydroxyl groups is 1. The van der Waals surface area contributed by atoms with E-state index in [9.17, 15) is 5.11 Å². The molecule has 0 saturated heterocycles. The largest absolute Gasteiger partial charge is 0.513 e. The van der Waals surface area contributed by atoms with Crippen molar-refractivity contribution in [2.75, 3.05) is 0 Å². The minimum atomic E-state index is -0.201. The van der Waals surface area contributed by atoms with Crippen molar-refractivity contribution in [1.29, 1.82) is 0 Å². The molecule has 0 aliphatic heterocycles. The molecule has 0 atom stereocenters. The van der Waals surface area contributed by atoms with Gasteiger partial charge in [-0.15, -0.1) is 0 Å². The van der Waals surface area contributed by atoms with Crippen LogP contribution in [0.5, 0.6) is 17.4 Å². The third kappa shape index (κ3) is 4.33. The van der Waals surface area contributed by atoms with Crippen molar-refractivity contribution >= 4 is 71.7 Å². The Kier molecular flexibility index (Phi) is 6.30. The predicted molar refractivity (Wildman–Crippen MR) is 188 cm³/mol. The maximum Gasteiger partial charge on any atom is 0.221 e. The van der Waals surface area contributed by atoms with Gasteiger partial charge in [0.1, 0.15) is 17.2 Å². The second-order valence-corrected chi connectivity index (χ2v) is 13.2. The summed E-state index contributed by atoms with van der Waals surface area (Å²) in [6, 6.07) is 37.1. The van der Waals surface area contributed by atoms with Gasteiger partial charge in [-0.3, -0.25) is 8.97 Å². The molecule has 10 aromatic rings. The van der Waals surface area contributed by atoms with Gasteiger partial charge >= 0.3 is 0 Å². The van der Waals surface area contributed by atoms with Gasteiger partial charge in [-0.05, 0) is 58.8 Å². The van der Waals surface area contributed by atoms with Gasteiger partial charge < -0.3 is 18.7 Å². The number of ether oxygens (including phenoxy) is 1. The van der Waals surface area contributed by atoms with E-state index in [2.05, 4.69) is 60.1 Å². The number of phenols is 1. The normalized spacial score (nSPS) is 12.3. The molecule has 0 aliphatic carbocycles. The Morgan fingerprint density at radius 2 is 1.49 bits per heavy atom. The van der Waals surface area contributed by atoms with Crippen LogP contribution < -0.4 is 4.74 Å². The summed E-state index contributed by atoms with van der Waals surface area (Å²) in [7, 11) is 0. The number of benzene rings is 5. The van der Waals surface area contributed by atoms with E-state index in [0.717, 1.165) is 44.2 Å². The molecule has 9 heteroatoms. The van der Waals surface area contributed by atoms with Crippen molar-refractivity contribution in [3.05, 3.63) is 115 Å². The molecule has 49 heavy (non-hydrogen) atoms. The molecule has 0 amide bonds. The van der Waals surface area contributed by atoms with Gasteiger partial charge in [0.15, 0.2) is 5.58 Å². The number of phenolic OH excluding ortho intramolecular Hbond substituents is 1. The number of nitrogens with zero attached hydrogens (tertiary/aromatic N) is 4. The quantitative estimate of drug-likeness (QED) is 0.179. The summed E-state index contributed by atoms with van der Waals surface area (Å²) in [5.41, 5.74) is 7.04. The number of pyridine rings is 1. The van der Waals surface area contributed by atoms with Crippen molar-refractivity contribution in [1.82, 2.24) is 18.9 Å². The fourth-order valence-electron chi connectivity index (χ4n) is 6.83. The standard InChI is InChI=1S/C40H27N4O4.Pt/c1-40(2,3)22-18-34(44-30-14-8-7-13-29(30)43-28-12-6-5-11-27(28)41-39(43)44)42-35(19-22)46-23-16-17-32-26(20-23)36-33(47-32)21-25-24-10-4-9-15-31(24)48-38(25)37(36)45;/h4-19,21,45H,1-3H3;/q-1;. The number of fused-ring (bicyclic) bond motifs is 11. The van der Waals surface area contributed by atoms with Crippen LogP contribution in [0.25, 0.3) is 77.5 Å². The van der Waals surface area contributed by atoms with Gasteiger partial charge in [-0.25, -0.2) is 4.98 Å². The minimum absolute atomic E-state index is 0. The van der Waals surface area contributed by atoms with E-state index in [1.165, 1.54) is 0 Å². The van der Waals surface area contributed by atoms with Gasteiger partial charge in [0.25, 0.3) is 0 Å². The number of rotatable bonds is 3.